The minimum Gasteiger partial charge on any atom is -0.493 e. The van der Waals surface area contributed by atoms with Crippen LogP contribution in [0.25, 0.3) is 0 Å². The van der Waals surface area contributed by atoms with Gasteiger partial charge in [0.15, 0.2) is 11.5 Å². The van der Waals surface area contributed by atoms with Gasteiger partial charge in [0.1, 0.15) is 0 Å². The number of hydrogen-bond donors (Lipinski definition) is 1. The Morgan fingerprint density at radius 3 is 2.60 bits per heavy atom. The fourth-order valence-corrected chi connectivity index (χ4v) is 3.75. The maximum Gasteiger partial charge on any atom is 0.318 e. The number of likely N-dealkylation sites (tertiary alicyclic amines) is 1. The number of ether oxygens (including phenoxy) is 2. The molecule has 0 saturated carbocycles. The molecule has 1 aromatic carbocycles. The van der Waals surface area contributed by atoms with Crippen molar-refractivity contribution < 1.29 is 19.1 Å². The first-order valence-electron chi connectivity index (χ1n) is 8.56. The molecule has 1 N–H and O–H groups in total. The van der Waals surface area contributed by atoms with Crippen LogP contribution in [-0.2, 0) is 0 Å². The molecule has 1 aromatic rings. The van der Waals surface area contributed by atoms with Crippen LogP contribution in [0, 0.1) is 0 Å². The third-order valence-electron chi connectivity index (χ3n) is 4.95. The highest BCUT2D eigenvalue weighted by atomic mass is 16.5. The summed E-state index contributed by atoms with van der Waals surface area (Å²) in [6.45, 7) is 5.19. The van der Waals surface area contributed by atoms with Crippen LogP contribution in [0.2, 0.25) is 0 Å². The number of nitrogens with zero attached hydrogens (tertiary/aromatic N) is 2. The van der Waals surface area contributed by atoms with E-state index in [2.05, 4.69) is 5.32 Å². The number of piperidine rings is 1. The van der Waals surface area contributed by atoms with Crippen LogP contribution >= 0.6 is 0 Å². The molecule has 2 atom stereocenters. The van der Waals surface area contributed by atoms with Crippen molar-refractivity contribution in [1.82, 2.24) is 15.1 Å². The minimum atomic E-state index is -0.0587. The van der Waals surface area contributed by atoms with Crippen molar-refractivity contribution in [3.8, 4) is 11.5 Å². The largest absolute Gasteiger partial charge is 0.493 e. The fourth-order valence-electron chi connectivity index (χ4n) is 3.75. The summed E-state index contributed by atoms with van der Waals surface area (Å²) >= 11 is 0. The summed E-state index contributed by atoms with van der Waals surface area (Å²) in [7, 11) is 3.11. The molecule has 25 heavy (non-hydrogen) atoms. The second-order valence-electron chi connectivity index (χ2n) is 6.73. The first kappa shape index (κ1) is 17.4. The highest BCUT2D eigenvalue weighted by molar-refractivity contribution is 5.95. The predicted octanol–water partition coefficient (Wildman–Crippen LogP) is 1.72. The number of carbonyl (C=O) groups is 2. The summed E-state index contributed by atoms with van der Waals surface area (Å²) in [5, 5.41) is 3.01. The molecule has 0 radical (unpaired) electrons. The molecule has 2 aliphatic heterocycles. The summed E-state index contributed by atoms with van der Waals surface area (Å²) in [6.07, 6.45) is 0.778. The SMILES string of the molecule is COc1ccc(C(=O)N2CC[C@@H]3[C@H](C2)NC(=O)N3C(C)C)cc1OC. The van der Waals surface area contributed by atoms with Gasteiger partial charge in [0.25, 0.3) is 5.91 Å². The lowest BCUT2D eigenvalue weighted by Gasteiger charge is -2.38. The van der Waals surface area contributed by atoms with Crippen LogP contribution < -0.4 is 14.8 Å². The van der Waals surface area contributed by atoms with Crippen LogP contribution in [0.3, 0.4) is 0 Å². The summed E-state index contributed by atoms with van der Waals surface area (Å²) in [6, 6.07) is 5.42. The number of fused-ring (bicyclic) bond motifs is 1. The van der Waals surface area contributed by atoms with Gasteiger partial charge in [-0.1, -0.05) is 0 Å². The molecular formula is C18H25N3O4. The lowest BCUT2D eigenvalue weighted by molar-refractivity contribution is 0.0644. The Hall–Kier alpha value is -2.44. The average Bonchev–Trinajstić information content (AvgIpc) is 2.95. The van der Waals surface area contributed by atoms with E-state index in [-0.39, 0.29) is 30.1 Å². The van der Waals surface area contributed by atoms with Crippen molar-refractivity contribution in [2.75, 3.05) is 27.3 Å². The Balaban J connectivity index is 1.74. The fraction of sp³-hybridized carbons (Fsp3) is 0.556. The van der Waals surface area contributed by atoms with E-state index in [1.54, 1.807) is 37.3 Å². The van der Waals surface area contributed by atoms with E-state index >= 15 is 0 Å². The van der Waals surface area contributed by atoms with Crippen LogP contribution in [0.4, 0.5) is 4.79 Å². The Morgan fingerprint density at radius 1 is 1.24 bits per heavy atom. The summed E-state index contributed by atoms with van der Waals surface area (Å²) in [4.78, 5) is 28.7. The highest BCUT2D eigenvalue weighted by Gasteiger charge is 2.44. The van der Waals surface area contributed by atoms with E-state index in [9.17, 15) is 9.59 Å². The molecule has 0 aliphatic carbocycles. The minimum absolute atomic E-state index is 0.0206. The zero-order valence-corrected chi connectivity index (χ0v) is 15.1. The maximum absolute atomic E-state index is 12.9. The molecule has 2 fully saturated rings. The molecule has 2 heterocycles. The second kappa shape index (κ2) is 6.82. The van der Waals surface area contributed by atoms with Crippen molar-refractivity contribution in [3.63, 3.8) is 0 Å². The normalized spacial score (nSPS) is 22.7. The molecule has 136 valence electrons. The van der Waals surface area contributed by atoms with E-state index in [1.807, 2.05) is 18.7 Å². The van der Waals surface area contributed by atoms with Gasteiger partial charge in [-0.3, -0.25) is 4.79 Å². The standard InChI is InChI=1S/C18H25N3O4/c1-11(2)21-14-7-8-20(10-13(14)19-18(21)23)17(22)12-5-6-15(24-3)16(9-12)25-4/h5-6,9,11,13-14H,7-8,10H2,1-4H3,(H,19,23)/t13-,14+/m0/s1. The Labute approximate surface area is 147 Å². The van der Waals surface area contributed by atoms with Crippen LogP contribution in [0.1, 0.15) is 30.6 Å². The first-order chi connectivity index (χ1) is 12.0. The molecule has 7 nitrogen and oxygen atoms in total. The van der Waals surface area contributed by atoms with Gasteiger partial charge in [-0.05, 0) is 38.5 Å². The zero-order chi connectivity index (χ0) is 18.1. The quantitative estimate of drug-likeness (QED) is 0.900. The van der Waals surface area contributed by atoms with Gasteiger partial charge in [0, 0.05) is 24.7 Å². The molecule has 7 heteroatoms. The average molecular weight is 347 g/mol. The van der Waals surface area contributed by atoms with Crippen LogP contribution in [0.15, 0.2) is 18.2 Å². The Morgan fingerprint density at radius 2 is 1.96 bits per heavy atom. The molecule has 3 amide bonds. The Bertz CT molecular complexity index is 676. The molecule has 2 aliphatic rings. The molecule has 0 unspecified atom stereocenters. The van der Waals surface area contributed by atoms with E-state index < -0.39 is 0 Å². The third kappa shape index (κ3) is 3.10. The number of nitrogens with one attached hydrogen (secondary N) is 1. The van der Waals surface area contributed by atoms with Crippen LogP contribution in [-0.4, -0.2) is 67.2 Å². The second-order valence-corrected chi connectivity index (χ2v) is 6.73. The lowest BCUT2D eigenvalue weighted by atomic mass is 9.98. The molecule has 3 rings (SSSR count). The molecular weight excluding hydrogens is 322 g/mol. The summed E-state index contributed by atoms with van der Waals surface area (Å²) in [5.41, 5.74) is 0.557. The van der Waals surface area contributed by atoms with Crippen molar-refractivity contribution in [1.29, 1.82) is 0 Å². The van der Waals surface area contributed by atoms with Gasteiger partial charge in [-0.2, -0.15) is 0 Å². The van der Waals surface area contributed by atoms with Crippen molar-refractivity contribution >= 4 is 11.9 Å². The van der Waals surface area contributed by atoms with Crippen molar-refractivity contribution in [2.24, 2.45) is 0 Å². The smallest absolute Gasteiger partial charge is 0.318 e. The number of carbonyl (C=O) groups excluding carboxylic acids is 2. The molecule has 0 bridgehead atoms. The number of benzene rings is 1. The molecule has 0 aromatic heterocycles. The predicted molar refractivity (Wildman–Crippen MR) is 93.1 cm³/mol. The first-order valence-corrected chi connectivity index (χ1v) is 8.56. The van der Waals surface area contributed by atoms with Gasteiger partial charge in [-0.25, -0.2) is 4.79 Å². The van der Waals surface area contributed by atoms with Gasteiger partial charge >= 0.3 is 6.03 Å². The third-order valence-corrected chi connectivity index (χ3v) is 4.95. The van der Waals surface area contributed by atoms with Gasteiger partial charge < -0.3 is 24.6 Å². The highest BCUT2D eigenvalue weighted by Crippen LogP contribution is 2.30. The number of amides is 3. The van der Waals surface area contributed by atoms with Crippen molar-refractivity contribution in [2.45, 2.75) is 38.4 Å². The van der Waals surface area contributed by atoms with Gasteiger partial charge in [0.05, 0.1) is 26.3 Å². The van der Waals surface area contributed by atoms with Crippen molar-refractivity contribution in [3.05, 3.63) is 23.8 Å². The summed E-state index contributed by atoms with van der Waals surface area (Å²) in [5.74, 6) is 1.06. The van der Waals surface area contributed by atoms with Crippen LogP contribution in [0.5, 0.6) is 11.5 Å². The van der Waals surface area contributed by atoms with Gasteiger partial charge in [0.2, 0.25) is 0 Å². The number of urea groups is 1. The van der Waals surface area contributed by atoms with E-state index in [0.29, 0.717) is 30.2 Å². The maximum atomic E-state index is 12.9. The number of methoxy groups -OCH3 is 2. The number of rotatable bonds is 4. The topological polar surface area (TPSA) is 71.1 Å². The monoisotopic (exact) mass is 347 g/mol. The van der Waals surface area contributed by atoms with E-state index in [4.69, 9.17) is 9.47 Å². The molecule has 0 spiro atoms. The Kier molecular flexibility index (Phi) is 4.74. The molecule has 2 saturated heterocycles. The lowest BCUT2D eigenvalue weighted by Crippen LogP contribution is -2.53. The summed E-state index contributed by atoms with van der Waals surface area (Å²) < 4.78 is 10.5. The zero-order valence-electron chi connectivity index (χ0n) is 15.1. The van der Waals surface area contributed by atoms with Gasteiger partial charge in [-0.15, -0.1) is 0 Å². The van der Waals surface area contributed by atoms with E-state index in [1.165, 1.54) is 0 Å². The van der Waals surface area contributed by atoms with E-state index in [0.717, 1.165) is 6.42 Å². The number of hydrogen-bond acceptors (Lipinski definition) is 4.